The van der Waals surface area contributed by atoms with Crippen LogP contribution in [-0.2, 0) is 6.42 Å². The highest BCUT2D eigenvalue weighted by molar-refractivity contribution is 5.85. The Bertz CT molecular complexity index is 901. The molecule has 6 nitrogen and oxygen atoms in total. The van der Waals surface area contributed by atoms with Crippen LogP contribution in [0.25, 0.3) is 11.0 Å². The van der Waals surface area contributed by atoms with Gasteiger partial charge in [-0.05, 0) is 37.9 Å². The monoisotopic (exact) mass is 402 g/mol. The van der Waals surface area contributed by atoms with Gasteiger partial charge >= 0.3 is 0 Å². The van der Waals surface area contributed by atoms with E-state index in [1.807, 2.05) is 18.4 Å². The number of halogens is 1. The summed E-state index contributed by atoms with van der Waals surface area (Å²) in [5.74, 6) is 1.63. The summed E-state index contributed by atoms with van der Waals surface area (Å²) in [5, 5.41) is 1.24. The predicted octanol–water partition coefficient (Wildman–Crippen LogP) is 3.80. The molecule has 4 rings (SSSR count). The molecule has 0 amide bonds. The standard InChI is InChI=1S/C21H26N4O2.ClH/c1-16-13-25(21-20(26-2)12-22-15-23-21)11-10-24(16)9-5-6-17-14-27-19-8-4-3-7-18(17)19;/h3-4,7-8,12,14-16H,5-6,9-11,13H2,1-2H3;1H. The average Bonchev–Trinajstić information content (AvgIpc) is 3.12. The van der Waals surface area contributed by atoms with Crippen molar-refractivity contribution >= 4 is 29.2 Å². The number of nitrogens with zero attached hydrogens (tertiary/aromatic N) is 4. The molecule has 0 aliphatic carbocycles. The van der Waals surface area contributed by atoms with E-state index in [4.69, 9.17) is 9.15 Å². The van der Waals surface area contributed by atoms with Crippen LogP contribution in [0.15, 0.2) is 47.5 Å². The maximum Gasteiger partial charge on any atom is 0.179 e. The van der Waals surface area contributed by atoms with Gasteiger partial charge in [0.25, 0.3) is 0 Å². The predicted molar refractivity (Wildman–Crippen MR) is 114 cm³/mol. The van der Waals surface area contributed by atoms with Crippen LogP contribution >= 0.6 is 12.4 Å². The second kappa shape index (κ2) is 9.26. The summed E-state index contributed by atoms with van der Waals surface area (Å²) >= 11 is 0. The van der Waals surface area contributed by atoms with Gasteiger partial charge in [0, 0.05) is 31.1 Å². The maximum absolute atomic E-state index is 5.65. The lowest BCUT2D eigenvalue weighted by atomic mass is 10.1. The quantitative estimate of drug-likeness (QED) is 0.625. The summed E-state index contributed by atoms with van der Waals surface area (Å²) in [4.78, 5) is 13.3. The topological polar surface area (TPSA) is 54.6 Å². The lowest BCUT2D eigenvalue weighted by molar-refractivity contribution is 0.186. The molecule has 1 aliphatic heterocycles. The number of hydrogen-bond acceptors (Lipinski definition) is 6. The Balaban J connectivity index is 0.00000225. The Hall–Kier alpha value is -2.31. The number of aryl methyl sites for hydroxylation is 1. The van der Waals surface area contributed by atoms with Crippen LogP contribution in [0.3, 0.4) is 0 Å². The van der Waals surface area contributed by atoms with Crippen LogP contribution in [0.1, 0.15) is 18.9 Å². The number of ether oxygens (including phenoxy) is 1. The molecule has 150 valence electrons. The summed E-state index contributed by atoms with van der Waals surface area (Å²) in [6.45, 7) is 6.30. The normalized spacial score (nSPS) is 17.5. The van der Waals surface area contributed by atoms with Crippen molar-refractivity contribution < 1.29 is 9.15 Å². The number of para-hydroxylation sites is 1. The molecule has 0 spiro atoms. The molecule has 1 fully saturated rings. The zero-order valence-corrected chi connectivity index (χ0v) is 17.2. The van der Waals surface area contributed by atoms with Gasteiger partial charge in [0.05, 0.1) is 19.6 Å². The van der Waals surface area contributed by atoms with Crippen molar-refractivity contribution in [1.29, 1.82) is 0 Å². The summed E-state index contributed by atoms with van der Waals surface area (Å²) in [6.07, 6.45) is 7.40. The number of methoxy groups -OCH3 is 1. The van der Waals surface area contributed by atoms with E-state index in [9.17, 15) is 0 Å². The van der Waals surface area contributed by atoms with Crippen LogP contribution in [0.5, 0.6) is 5.75 Å². The first kappa shape index (κ1) is 20.4. The first-order valence-corrected chi connectivity index (χ1v) is 9.54. The van der Waals surface area contributed by atoms with Gasteiger partial charge in [0.1, 0.15) is 11.9 Å². The number of anilines is 1. The Morgan fingerprint density at radius 1 is 1.25 bits per heavy atom. The van der Waals surface area contributed by atoms with E-state index in [0.29, 0.717) is 6.04 Å². The minimum atomic E-state index is 0. The lowest BCUT2D eigenvalue weighted by Crippen LogP contribution is -2.52. The first-order valence-electron chi connectivity index (χ1n) is 9.54. The third kappa shape index (κ3) is 4.23. The van der Waals surface area contributed by atoms with Gasteiger partial charge in [0.2, 0.25) is 0 Å². The van der Waals surface area contributed by atoms with E-state index < -0.39 is 0 Å². The van der Waals surface area contributed by atoms with Gasteiger partial charge in [-0.25, -0.2) is 9.97 Å². The summed E-state index contributed by atoms with van der Waals surface area (Å²) in [7, 11) is 1.67. The van der Waals surface area contributed by atoms with Crippen molar-refractivity contribution in [2.75, 3.05) is 38.2 Å². The molecule has 1 aromatic carbocycles. The van der Waals surface area contributed by atoms with E-state index in [2.05, 4.69) is 38.8 Å². The molecular formula is C21H27ClN4O2. The fraction of sp³-hybridized carbons (Fsp3) is 0.429. The molecule has 0 bridgehead atoms. The van der Waals surface area contributed by atoms with Crippen molar-refractivity contribution in [3.05, 3.63) is 48.6 Å². The van der Waals surface area contributed by atoms with Gasteiger partial charge in [-0.1, -0.05) is 18.2 Å². The Labute approximate surface area is 171 Å². The second-order valence-corrected chi connectivity index (χ2v) is 7.11. The third-order valence-corrected chi connectivity index (χ3v) is 5.40. The molecule has 1 unspecified atom stereocenters. The van der Waals surface area contributed by atoms with Crippen LogP contribution in [0.4, 0.5) is 5.82 Å². The molecule has 0 N–H and O–H groups in total. The highest BCUT2D eigenvalue weighted by Gasteiger charge is 2.26. The zero-order valence-electron chi connectivity index (χ0n) is 16.4. The zero-order chi connectivity index (χ0) is 18.6. The fourth-order valence-electron chi connectivity index (χ4n) is 3.91. The highest BCUT2D eigenvalue weighted by atomic mass is 35.5. The van der Waals surface area contributed by atoms with Crippen LogP contribution < -0.4 is 9.64 Å². The van der Waals surface area contributed by atoms with Gasteiger partial charge in [-0.15, -0.1) is 12.4 Å². The van der Waals surface area contributed by atoms with Gasteiger partial charge in [0.15, 0.2) is 11.6 Å². The van der Waals surface area contributed by atoms with Crippen LogP contribution in [0, 0.1) is 0 Å². The van der Waals surface area contributed by atoms with Crippen molar-refractivity contribution in [3.63, 3.8) is 0 Å². The second-order valence-electron chi connectivity index (χ2n) is 7.11. The summed E-state index contributed by atoms with van der Waals surface area (Å²) < 4.78 is 11.1. The summed E-state index contributed by atoms with van der Waals surface area (Å²) in [5.41, 5.74) is 2.29. The van der Waals surface area contributed by atoms with Crippen LogP contribution in [0.2, 0.25) is 0 Å². The molecule has 3 heterocycles. The lowest BCUT2D eigenvalue weighted by Gasteiger charge is -2.40. The molecule has 1 aliphatic rings. The number of fused-ring (bicyclic) bond motifs is 1. The maximum atomic E-state index is 5.65. The molecule has 1 atom stereocenters. The number of furan rings is 1. The number of piperazine rings is 1. The van der Waals surface area contributed by atoms with Crippen LogP contribution in [-0.4, -0.2) is 54.2 Å². The Morgan fingerprint density at radius 3 is 2.93 bits per heavy atom. The molecule has 2 aromatic heterocycles. The molecule has 3 aromatic rings. The SMILES string of the molecule is COc1cncnc1N1CCN(CCCc2coc3ccccc23)C(C)C1.Cl. The van der Waals surface area contributed by atoms with Gasteiger partial charge < -0.3 is 14.1 Å². The van der Waals surface area contributed by atoms with Crippen molar-refractivity contribution in [1.82, 2.24) is 14.9 Å². The third-order valence-electron chi connectivity index (χ3n) is 5.40. The number of hydrogen-bond donors (Lipinski definition) is 0. The van der Waals surface area contributed by atoms with E-state index in [-0.39, 0.29) is 12.4 Å². The van der Waals surface area contributed by atoms with E-state index >= 15 is 0 Å². The minimum Gasteiger partial charge on any atom is -0.491 e. The summed E-state index contributed by atoms with van der Waals surface area (Å²) in [6, 6.07) is 8.74. The average molecular weight is 403 g/mol. The van der Waals surface area contributed by atoms with Gasteiger partial charge in [-0.2, -0.15) is 0 Å². The van der Waals surface area contributed by atoms with E-state index in [1.54, 1.807) is 19.6 Å². The molecule has 1 saturated heterocycles. The van der Waals surface area contributed by atoms with Crippen molar-refractivity contribution in [2.24, 2.45) is 0 Å². The Morgan fingerprint density at radius 2 is 2.11 bits per heavy atom. The number of rotatable bonds is 6. The molecule has 0 radical (unpaired) electrons. The molecule has 7 heteroatoms. The smallest absolute Gasteiger partial charge is 0.179 e. The van der Waals surface area contributed by atoms with Crippen molar-refractivity contribution in [2.45, 2.75) is 25.8 Å². The van der Waals surface area contributed by atoms with E-state index in [1.165, 1.54) is 10.9 Å². The number of benzene rings is 1. The first-order chi connectivity index (χ1) is 13.3. The molecular weight excluding hydrogens is 376 g/mol. The minimum absolute atomic E-state index is 0. The van der Waals surface area contributed by atoms with Gasteiger partial charge in [-0.3, -0.25) is 4.90 Å². The molecule has 28 heavy (non-hydrogen) atoms. The molecule has 0 saturated carbocycles. The fourth-order valence-corrected chi connectivity index (χ4v) is 3.91. The van der Waals surface area contributed by atoms with Crippen molar-refractivity contribution in [3.8, 4) is 5.75 Å². The largest absolute Gasteiger partial charge is 0.491 e. The number of aromatic nitrogens is 2. The van der Waals surface area contributed by atoms with E-state index in [0.717, 1.165) is 56.2 Å². The highest BCUT2D eigenvalue weighted by Crippen LogP contribution is 2.26. The Kier molecular flexibility index (Phi) is 6.75.